The Kier molecular flexibility index (Phi) is 4.99. The highest BCUT2D eigenvalue weighted by molar-refractivity contribution is 5.62. The van der Waals surface area contributed by atoms with Crippen molar-refractivity contribution in [2.45, 2.75) is 33.3 Å². The highest BCUT2D eigenvalue weighted by atomic mass is 19.1. The van der Waals surface area contributed by atoms with Crippen molar-refractivity contribution in [3.05, 3.63) is 33.9 Å². The molecule has 5 nitrogen and oxygen atoms in total. The van der Waals surface area contributed by atoms with Crippen molar-refractivity contribution in [1.29, 1.82) is 0 Å². The molecule has 1 aromatic carbocycles. The number of aliphatic hydroxyl groups is 1. The molecule has 0 aliphatic rings. The smallest absolute Gasteiger partial charge is 0.327 e. The number of hydrogen-bond acceptors (Lipinski definition) is 4. The standard InChI is InChI=1S/C13H18F2N2O3/c1-13(2,3)6-9(18)7-16-11-5-8(14)4-10(15)12(11)17(19)20/h4-5,9,16,18H,6-7H2,1-3H3. The second-order valence-electron chi connectivity index (χ2n) is 5.84. The summed E-state index contributed by atoms with van der Waals surface area (Å²) in [5, 5.41) is 23.1. The zero-order chi connectivity index (χ0) is 15.5. The van der Waals surface area contributed by atoms with Gasteiger partial charge in [-0.1, -0.05) is 20.8 Å². The Labute approximate surface area is 115 Å². The van der Waals surface area contributed by atoms with Crippen molar-refractivity contribution in [1.82, 2.24) is 0 Å². The summed E-state index contributed by atoms with van der Waals surface area (Å²) in [7, 11) is 0. The normalized spacial score (nSPS) is 13.1. The van der Waals surface area contributed by atoms with Crippen molar-refractivity contribution in [3.8, 4) is 0 Å². The zero-order valence-electron chi connectivity index (χ0n) is 11.6. The van der Waals surface area contributed by atoms with Gasteiger partial charge in [0.1, 0.15) is 11.5 Å². The molecule has 1 unspecified atom stereocenters. The molecule has 0 spiro atoms. The second-order valence-corrected chi connectivity index (χ2v) is 5.84. The molecule has 20 heavy (non-hydrogen) atoms. The van der Waals surface area contributed by atoms with Crippen molar-refractivity contribution in [2.24, 2.45) is 5.41 Å². The number of nitrogens with one attached hydrogen (secondary N) is 1. The fraction of sp³-hybridized carbons (Fsp3) is 0.538. The van der Waals surface area contributed by atoms with Gasteiger partial charge in [-0.3, -0.25) is 10.1 Å². The molecule has 1 rings (SSSR count). The Morgan fingerprint density at radius 1 is 1.40 bits per heavy atom. The Bertz CT molecular complexity index is 501. The summed E-state index contributed by atoms with van der Waals surface area (Å²) in [5.74, 6) is -2.16. The van der Waals surface area contributed by atoms with Crippen LogP contribution in [0.3, 0.4) is 0 Å². The average Bonchev–Trinajstić information content (AvgIpc) is 2.22. The summed E-state index contributed by atoms with van der Waals surface area (Å²) in [6.07, 6.45) is -0.327. The average molecular weight is 288 g/mol. The number of nitro benzene ring substituents is 1. The fourth-order valence-corrected chi connectivity index (χ4v) is 1.89. The van der Waals surface area contributed by atoms with E-state index in [9.17, 15) is 24.0 Å². The van der Waals surface area contributed by atoms with E-state index in [4.69, 9.17) is 0 Å². The molecular weight excluding hydrogens is 270 g/mol. The minimum absolute atomic E-state index is 0.0268. The van der Waals surface area contributed by atoms with Crippen LogP contribution >= 0.6 is 0 Å². The van der Waals surface area contributed by atoms with Crippen molar-refractivity contribution < 1.29 is 18.8 Å². The molecule has 0 radical (unpaired) electrons. The molecule has 0 fully saturated rings. The predicted octanol–water partition coefficient (Wildman–Crippen LogP) is 3.08. The highest BCUT2D eigenvalue weighted by Gasteiger charge is 2.23. The van der Waals surface area contributed by atoms with Gasteiger partial charge in [0.2, 0.25) is 5.82 Å². The van der Waals surface area contributed by atoms with Crippen molar-refractivity contribution >= 4 is 11.4 Å². The molecular formula is C13H18F2N2O3. The third kappa shape index (κ3) is 4.73. The predicted molar refractivity (Wildman–Crippen MR) is 71.6 cm³/mol. The van der Waals surface area contributed by atoms with Gasteiger partial charge in [-0.25, -0.2) is 4.39 Å². The number of rotatable bonds is 5. The molecule has 0 saturated carbocycles. The topological polar surface area (TPSA) is 75.4 Å². The minimum atomic E-state index is -1.25. The number of halogens is 2. The van der Waals surface area contributed by atoms with E-state index < -0.39 is 28.3 Å². The van der Waals surface area contributed by atoms with Crippen molar-refractivity contribution in [2.75, 3.05) is 11.9 Å². The molecule has 112 valence electrons. The third-order valence-corrected chi connectivity index (χ3v) is 2.59. The van der Waals surface area contributed by atoms with Crippen LogP contribution in [0.4, 0.5) is 20.2 Å². The van der Waals surface area contributed by atoms with Gasteiger partial charge in [0.15, 0.2) is 0 Å². The molecule has 1 aromatic rings. The van der Waals surface area contributed by atoms with Gasteiger partial charge in [0.25, 0.3) is 0 Å². The quantitative estimate of drug-likeness (QED) is 0.645. The second kappa shape index (κ2) is 6.13. The van der Waals surface area contributed by atoms with Gasteiger partial charge >= 0.3 is 5.69 Å². The Morgan fingerprint density at radius 2 is 2.00 bits per heavy atom. The Morgan fingerprint density at radius 3 is 2.50 bits per heavy atom. The lowest BCUT2D eigenvalue weighted by Gasteiger charge is -2.22. The monoisotopic (exact) mass is 288 g/mol. The lowest BCUT2D eigenvalue weighted by atomic mass is 9.89. The summed E-state index contributed by atoms with van der Waals surface area (Å²) in [4.78, 5) is 9.84. The van der Waals surface area contributed by atoms with E-state index in [-0.39, 0.29) is 17.6 Å². The Hall–Kier alpha value is -1.76. The molecule has 0 amide bonds. The number of hydrogen-bond donors (Lipinski definition) is 2. The molecule has 2 N–H and O–H groups in total. The van der Waals surface area contributed by atoms with Crippen LogP contribution in [0, 0.1) is 27.2 Å². The molecule has 7 heteroatoms. The van der Waals surface area contributed by atoms with Crippen LogP contribution in [-0.2, 0) is 0 Å². The summed E-state index contributed by atoms with van der Waals surface area (Å²) in [6.45, 7) is 5.77. The summed E-state index contributed by atoms with van der Waals surface area (Å²) >= 11 is 0. The van der Waals surface area contributed by atoms with E-state index in [1.165, 1.54) is 0 Å². The molecule has 0 saturated heterocycles. The van der Waals surface area contributed by atoms with Crippen LogP contribution in [0.25, 0.3) is 0 Å². The van der Waals surface area contributed by atoms with Gasteiger partial charge in [0.05, 0.1) is 11.0 Å². The first-order chi connectivity index (χ1) is 9.10. The third-order valence-electron chi connectivity index (χ3n) is 2.59. The molecule has 0 heterocycles. The van der Waals surface area contributed by atoms with E-state index in [1.807, 2.05) is 20.8 Å². The first-order valence-electron chi connectivity index (χ1n) is 6.15. The molecule has 0 aliphatic carbocycles. The maximum atomic E-state index is 13.4. The lowest BCUT2D eigenvalue weighted by molar-refractivity contribution is -0.386. The van der Waals surface area contributed by atoms with Gasteiger partial charge in [-0.05, 0) is 11.8 Å². The van der Waals surface area contributed by atoms with Crippen LogP contribution in [0.5, 0.6) is 0 Å². The zero-order valence-corrected chi connectivity index (χ0v) is 11.6. The number of benzene rings is 1. The van der Waals surface area contributed by atoms with Crippen LogP contribution < -0.4 is 5.32 Å². The highest BCUT2D eigenvalue weighted by Crippen LogP contribution is 2.29. The minimum Gasteiger partial charge on any atom is -0.391 e. The van der Waals surface area contributed by atoms with Crippen LogP contribution in [0.15, 0.2) is 12.1 Å². The first kappa shape index (κ1) is 16.3. The first-order valence-corrected chi connectivity index (χ1v) is 6.15. The van der Waals surface area contributed by atoms with E-state index in [2.05, 4.69) is 5.32 Å². The van der Waals surface area contributed by atoms with Crippen LogP contribution in [0.2, 0.25) is 0 Å². The molecule has 1 atom stereocenters. The summed E-state index contributed by atoms with van der Waals surface area (Å²) in [6, 6.07) is 1.29. The summed E-state index contributed by atoms with van der Waals surface area (Å²) in [5.41, 5.74) is -1.23. The van der Waals surface area contributed by atoms with Gasteiger partial charge < -0.3 is 10.4 Å². The largest absolute Gasteiger partial charge is 0.391 e. The molecule has 0 aromatic heterocycles. The van der Waals surface area contributed by atoms with Crippen LogP contribution in [0.1, 0.15) is 27.2 Å². The fourth-order valence-electron chi connectivity index (χ4n) is 1.89. The van der Waals surface area contributed by atoms with Gasteiger partial charge in [-0.15, -0.1) is 0 Å². The number of nitro groups is 1. The maximum Gasteiger partial charge on any atom is 0.327 e. The Balaban J connectivity index is 2.85. The molecule has 0 bridgehead atoms. The van der Waals surface area contributed by atoms with Gasteiger partial charge in [0, 0.05) is 18.7 Å². The number of anilines is 1. The van der Waals surface area contributed by atoms with E-state index >= 15 is 0 Å². The maximum absolute atomic E-state index is 13.4. The van der Waals surface area contributed by atoms with E-state index in [1.54, 1.807) is 0 Å². The van der Waals surface area contributed by atoms with Crippen molar-refractivity contribution in [3.63, 3.8) is 0 Å². The van der Waals surface area contributed by atoms with E-state index in [0.29, 0.717) is 12.5 Å². The molecule has 0 aliphatic heterocycles. The van der Waals surface area contributed by atoms with Gasteiger partial charge in [-0.2, -0.15) is 4.39 Å². The number of aliphatic hydroxyl groups excluding tert-OH is 1. The van der Waals surface area contributed by atoms with E-state index in [0.717, 1.165) is 6.07 Å². The van der Waals surface area contributed by atoms with Crippen LogP contribution in [-0.4, -0.2) is 22.7 Å². The lowest BCUT2D eigenvalue weighted by Crippen LogP contribution is -2.25. The summed E-state index contributed by atoms with van der Waals surface area (Å²) < 4.78 is 26.5. The number of nitrogens with zero attached hydrogens (tertiary/aromatic N) is 1. The SMILES string of the molecule is CC(C)(C)CC(O)CNc1cc(F)cc(F)c1[N+](=O)[O-].